The molecule has 0 fully saturated rings. The normalized spacial score (nSPS) is 12.2. The van der Waals surface area contributed by atoms with Crippen LogP contribution in [0.3, 0.4) is 0 Å². The molecule has 0 radical (unpaired) electrons. The molecule has 4 aromatic rings. The van der Waals surface area contributed by atoms with Crippen molar-refractivity contribution in [2.24, 2.45) is 0 Å². The Balaban J connectivity index is 1.70. The molecule has 11 nitrogen and oxygen atoms in total. The Hall–Kier alpha value is -4.38. The third-order valence-corrected chi connectivity index (χ3v) is 5.69. The molecule has 1 N–H and O–H groups in total. The number of halogens is 4. The molecule has 1 atom stereocenters. The molecule has 4 rings (SSSR count). The first-order valence-electron chi connectivity index (χ1n) is 10.7. The zero-order valence-electron chi connectivity index (χ0n) is 19.4. The van der Waals surface area contributed by atoms with Crippen LogP contribution in [0.4, 0.5) is 19.0 Å². The lowest BCUT2D eigenvalue weighted by atomic mass is 10.1. The van der Waals surface area contributed by atoms with Crippen LogP contribution in [0.25, 0.3) is 16.7 Å². The van der Waals surface area contributed by atoms with Gasteiger partial charge in [0.25, 0.3) is 5.91 Å². The van der Waals surface area contributed by atoms with Crippen molar-refractivity contribution in [2.45, 2.75) is 25.6 Å². The lowest BCUT2D eigenvalue weighted by Gasteiger charge is -2.26. The number of benzene rings is 1. The number of amides is 1. The Morgan fingerprint density at radius 3 is 2.65 bits per heavy atom. The van der Waals surface area contributed by atoms with Crippen molar-refractivity contribution in [1.82, 2.24) is 40.0 Å². The molecule has 0 bridgehead atoms. The summed E-state index contributed by atoms with van der Waals surface area (Å²) < 4.78 is 42.2. The van der Waals surface area contributed by atoms with E-state index in [0.717, 1.165) is 12.4 Å². The molecule has 37 heavy (non-hydrogen) atoms. The number of fused-ring (bicyclic) bond motifs is 1. The summed E-state index contributed by atoms with van der Waals surface area (Å²) in [4.78, 5) is 34.4. The molecule has 0 spiro atoms. The molecule has 0 unspecified atom stereocenters. The number of nitriles is 1. The van der Waals surface area contributed by atoms with Crippen molar-refractivity contribution in [1.29, 1.82) is 5.26 Å². The second kappa shape index (κ2) is 10.3. The van der Waals surface area contributed by atoms with Gasteiger partial charge in [0.05, 0.1) is 29.6 Å². The summed E-state index contributed by atoms with van der Waals surface area (Å²) in [6.45, 7) is 1.92. The number of rotatable bonds is 7. The average molecular weight is 531 g/mol. The van der Waals surface area contributed by atoms with E-state index in [1.54, 1.807) is 18.9 Å². The van der Waals surface area contributed by atoms with Crippen LogP contribution in [0.1, 0.15) is 41.3 Å². The standard InChI is InChI=1S/C22H18ClF3N10O/c1-12(35(2)20-14-6-13(23)7-15(22(24,25)26)18(14)31-10-32-20)19-33-11-34-36(19)17-8-16(29-9-30-17)21(37)28-5-3-4-27/h6-12H,3,5H2,1-2H3,(H,28,37)/t12-/m0/s1. The monoisotopic (exact) mass is 530 g/mol. The summed E-state index contributed by atoms with van der Waals surface area (Å²) in [7, 11) is 1.63. The molecule has 0 aliphatic carbocycles. The Morgan fingerprint density at radius 1 is 1.16 bits per heavy atom. The van der Waals surface area contributed by atoms with Crippen LogP contribution >= 0.6 is 11.6 Å². The predicted molar refractivity (Wildman–Crippen MR) is 126 cm³/mol. The lowest BCUT2D eigenvalue weighted by molar-refractivity contribution is -0.136. The van der Waals surface area contributed by atoms with Gasteiger partial charge in [-0.1, -0.05) is 11.6 Å². The zero-order chi connectivity index (χ0) is 26.7. The van der Waals surface area contributed by atoms with Gasteiger partial charge < -0.3 is 10.2 Å². The van der Waals surface area contributed by atoms with Gasteiger partial charge in [0, 0.05) is 30.1 Å². The molecule has 0 aliphatic heterocycles. The number of carbonyl (C=O) groups excluding carboxylic acids is 1. The van der Waals surface area contributed by atoms with Gasteiger partial charge in [0.2, 0.25) is 0 Å². The maximum absolute atomic E-state index is 13.6. The Labute approximate surface area is 213 Å². The molecule has 0 saturated carbocycles. The van der Waals surface area contributed by atoms with Crippen molar-refractivity contribution in [2.75, 3.05) is 18.5 Å². The number of hydrogen-bond donors (Lipinski definition) is 1. The Bertz CT molecular complexity index is 1500. The highest BCUT2D eigenvalue weighted by Crippen LogP contribution is 2.39. The number of anilines is 1. The van der Waals surface area contributed by atoms with E-state index >= 15 is 0 Å². The molecule has 1 aromatic carbocycles. The van der Waals surface area contributed by atoms with Gasteiger partial charge in [-0.25, -0.2) is 24.9 Å². The fourth-order valence-electron chi connectivity index (χ4n) is 3.59. The second-order valence-electron chi connectivity index (χ2n) is 7.79. The van der Waals surface area contributed by atoms with Gasteiger partial charge in [0.15, 0.2) is 11.6 Å². The highest BCUT2D eigenvalue weighted by Gasteiger charge is 2.35. The van der Waals surface area contributed by atoms with E-state index in [1.165, 1.54) is 29.5 Å². The first kappa shape index (κ1) is 25.7. The number of hydrogen-bond acceptors (Lipinski definition) is 9. The minimum Gasteiger partial charge on any atom is -0.350 e. The molecule has 15 heteroatoms. The van der Waals surface area contributed by atoms with E-state index in [9.17, 15) is 18.0 Å². The average Bonchev–Trinajstić information content (AvgIpc) is 3.36. The van der Waals surface area contributed by atoms with E-state index in [4.69, 9.17) is 16.9 Å². The zero-order valence-corrected chi connectivity index (χ0v) is 20.2. The van der Waals surface area contributed by atoms with Gasteiger partial charge in [-0.05, 0) is 19.1 Å². The van der Waals surface area contributed by atoms with Gasteiger partial charge in [-0.15, -0.1) is 0 Å². The first-order chi connectivity index (χ1) is 17.6. The van der Waals surface area contributed by atoms with Crippen LogP contribution in [0, 0.1) is 11.3 Å². The molecule has 1 amide bonds. The highest BCUT2D eigenvalue weighted by atomic mass is 35.5. The van der Waals surface area contributed by atoms with E-state index in [-0.39, 0.29) is 46.2 Å². The van der Waals surface area contributed by atoms with Crippen molar-refractivity contribution >= 4 is 34.2 Å². The van der Waals surface area contributed by atoms with Crippen molar-refractivity contribution in [3.63, 3.8) is 0 Å². The molecule has 3 heterocycles. The van der Waals surface area contributed by atoms with E-state index in [1.807, 2.05) is 6.07 Å². The minimum absolute atomic E-state index is 0.0570. The van der Waals surface area contributed by atoms with Gasteiger partial charge in [-0.2, -0.15) is 28.2 Å². The van der Waals surface area contributed by atoms with Crippen LogP contribution in [0.15, 0.2) is 37.2 Å². The lowest BCUT2D eigenvalue weighted by Crippen LogP contribution is -2.27. The molecule has 3 aromatic heterocycles. The summed E-state index contributed by atoms with van der Waals surface area (Å²) in [5.41, 5.74) is -1.20. The largest absolute Gasteiger partial charge is 0.418 e. The summed E-state index contributed by atoms with van der Waals surface area (Å²) >= 11 is 6.01. The Kier molecular flexibility index (Phi) is 7.16. The van der Waals surface area contributed by atoms with Crippen molar-refractivity contribution in [3.05, 3.63) is 59.3 Å². The maximum atomic E-state index is 13.6. The van der Waals surface area contributed by atoms with Gasteiger partial charge in [0.1, 0.15) is 30.5 Å². The number of carbonyl (C=O) groups is 1. The van der Waals surface area contributed by atoms with E-state index < -0.39 is 23.7 Å². The highest BCUT2D eigenvalue weighted by molar-refractivity contribution is 6.31. The molecule has 0 aliphatic rings. The molecule has 0 saturated heterocycles. The molecular formula is C22H18ClF3N10O. The predicted octanol–water partition coefficient (Wildman–Crippen LogP) is 3.51. The quantitative estimate of drug-likeness (QED) is 0.355. The van der Waals surface area contributed by atoms with Crippen molar-refractivity contribution < 1.29 is 18.0 Å². The summed E-state index contributed by atoms with van der Waals surface area (Å²) in [6, 6.07) is 4.96. The van der Waals surface area contributed by atoms with Gasteiger partial charge in [-0.3, -0.25) is 4.79 Å². The number of aromatic nitrogens is 7. The van der Waals surface area contributed by atoms with Crippen LogP contribution in [-0.2, 0) is 6.18 Å². The fraction of sp³-hybridized carbons (Fsp3) is 0.273. The van der Waals surface area contributed by atoms with Crippen LogP contribution in [-0.4, -0.2) is 54.2 Å². The van der Waals surface area contributed by atoms with Crippen LogP contribution in [0.2, 0.25) is 5.02 Å². The van der Waals surface area contributed by atoms with Gasteiger partial charge >= 0.3 is 6.18 Å². The smallest absolute Gasteiger partial charge is 0.350 e. The summed E-state index contributed by atoms with van der Waals surface area (Å²) in [5, 5.41) is 15.4. The summed E-state index contributed by atoms with van der Waals surface area (Å²) in [6.07, 6.45) is -0.993. The second-order valence-corrected chi connectivity index (χ2v) is 8.22. The fourth-order valence-corrected chi connectivity index (χ4v) is 3.81. The number of alkyl halides is 3. The van der Waals surface area contributed by atoms with E-state index in [2.05, 4.69) is 35.3 Å². The maximum Gasteiger partial charge on any atom is 0.418 e. The molecular weight excluding hydrogens is 513 g/mol. The SMILES string of the molecule is C[C@@H](c1ncnn1-c1cc(C(=O)NCCC#N)ncn1)N(C)c1ncnc2c(C(F)(F)F)cc(Cl)cc12. The third kappa shape index (κ3) is 5.26. The topological polar surface area (TPSA) is 138 Å². The van der Waals surface area contributed by atoms with Crippen LogP contribution < -0.4 is 10.2 Å². The first-order valence-corrected chi connectivity index (χ1v) is 11.1. The Morgan fingerprint density at radius 2 is 1.92 bits per heavy atom. The number of nitrogens with one attached hydrogen (secondary N) is 1. The number of nitrogens with zero attached hydrogens (tertiary/aromatic N) is 9. The molecule has 190 valence electrons. The third-order valence-electron chi connectivity index (χ3n) is 5.48. The minimum atomic E-state index is -4.66. The van der Waals surface area contributed by atoms with Crippen molar-refractivity contribution in [3.8, 4) is 11.9 Å². The van der Waals surface area contributed by atoms with Crippen LogP contribution in [0.5, 0.6) is 0 Å². The van der Waals surface area contributed by atoms with E-state index in [0.29, 0.717) is 5.82 Å². The summed E-state index contributed by atoms with van der Waals surface area (Å²) in [5.74, 6) is 0.306.